The first-order valence-electron chi connectivity index (χ1n) is 6.66. The number of aromatic nitrogens is 2. The lowest BCUT2D eigenvalue weighted by Gasteiger charge is -2.08. The van der Waals surface area contributed by atoms with E-state index in [2.05, 4.69) is 33.3 Å². The summed E-state index contributed by atoms with van der Waals surface area (Å²) in [6, 6.07) is 7.88. The van der Waals surface area contributed by atoms with Crippen LogP contribution in [0.2, 0.25) is 0 Å². The molecule has 20 heavy (non-hydrogen) atoms. The molecule has 2 aromatic rings. The standard InChI is InChI=1S/C15H20BrN3O/c1-11-15(12(2)19(3)18-11)10-17-7-8-20-14-6-4-5-13(16)9-14/h4-6,9,17H,7-8,10H2,1-3H3. The van der Waals surface area contributed by atoms with E-state index in [4.69, 9.17) is 4.74 Å². The Morgan fingerprint density at radius 3 is 2.80 bits per heavy atom. The van der Waals surface area contributed by atoms with E-state index in [1.54, 1.807) is 0 Å². The number of ether oxygens (including phenoxy) is 1. The highest BCUT2D eigenvalue weighted by Crippen LogP contribution is 2.17. The predicted molar refractivity (Wildman–Crippen MR) is 84.0 cm³/mol. The molecule has 0 atom stereocenters. The van der Waals surface area contributed by atoms with Gasteiger partial charge in [0, 0.05) is 35.9 Å². The summed E-state index contributed by atoms with van der Waals surface area (Å²) in [5.74, 6) is 0.884. The summed E-state index contributed by atoms with van der Waals surface area (Å²) in [5.41, 5.74) is 3.57. The molecule has 0 amide bonds. The molecule has 0 saturated heterocycles. The largest absolute Gasteiger partial charge is 0.492 e. The van der Waals surface area contributed by atoms with Crippen molar-refractivity contribution in [2.75, 3.05) is 13.2 Å². The number of nitrogens with zero attached hydrogens (tertiary/aromatic N) is 2. The molecule has 0 saturated carbocycles. The second-order valence-corrected chi connectivity index (χ2v) is 5.67. The number of benzene rings is 1. The molecular weight excluding hydrogens is 318 g/mol. The van der Waals surface area contributed by atoms with Gasteiger partial charge in [-0.05, 0) is 32.0 Å². The van der Waals surface area contributed by atoms with Crippen LogP contribution in [0.25, 0.3) is 0 Å². The molecule has 0 spiro atoms. The lowest BCUT2D eigenvalue weighted by molar-refractivity contribution is 0.313. The Hall–Kier alpha value is -1.33. The van der Waals surface area contributed by atoms with Gasteiger partial charge in [0.1, 0.15) is 12.4 Å². The van der Waals surface area contributed by atoms with E-state index in [9.17, 15) is 0 Å². The van der Waals surface area contributed by atoms with Crippen molar-refractivity contribution in [2.45, 2.75) is 20.4 Å². The Balaban J connectivity index is 1.74. The van der Waals surface area contributed by atoms with E-state index in [1.165, 1.54) is 11.3 Å². The van der Waals surface area contributed by atoms with Gasteiger partial charge < -0.3 is 10.1 Å². The normalized spacial score (nSPS) is 10.8. The lowest BCUT2D eigenvalue weighted by atomic mass is 10.2. The molecule has 5 heteroatoms. The molecule has 1 heterocycles. The number of rotatable bonds is 6. The van der Waals surface area contributed by atoms with E-state index in [0.29, 0.717) is 6.61 Å². The third kappa shape index (κ3) is 3.84. The van der Waals surface area contributed by atoms with E-state index in [-0.39, 0.29) is 0 Å². The first-order valence-corrected chi connectivity index (χ1v) is 7.45. The van der Waals surface area contributed by atoms with Gasteiger partial charge in [0.05, 0.1) is 5.69 Å². The minimum atomic E-state index is 0.648. The Bertz CT molecular complexity index is 580. The fourth-order valence-corrected chi connectivity index (χ4v) is 2.46. The summed E-state index contributed by atoms with van der Waals surface area (Å²) >= 11 is 3.43. The van der Waals surface area contributed by atoms with Crippen molar-refractivity contribution >= 4 is 15.9 Å². The first kappa shape index (κ1) is 15.1. The smallest absolute Gasteiger partial charge is 0.120 e. The van der Waals surface area contributed by atoms with Crippen molar-refractivity contribution in [3.63, 3.8) is 0 Å². The minimum Gasteiger partial charge on any atom is -0.492 e. The number of nitrogens with one attached hydrogen (secondary N) is 1. The number of hydrogen-bond donors (Lipinski definition) is 1. The Labute approximate surface area is 128 Å². The first-order chi connectivity index (χ1) is 9.58. The molecule has 4 nitrogen and oxygen atoms in total. The van der Waals surface area contributed by atoms with Crippen molar-refractivity contribution in [3.05, 3.63) is 45.7 Å². The third-order valence-electron chi connectivity index (χ3n) is 3.30. The highest BCUT2D eigenvalue weighted by molar-refractivity contribution is 9.10. The summed E-state index contributed by atoms with van der Waals surface area (Å²) in [6.45, 7) is 6.42. The summed E-state index contributed by atoms with van der Waals surface area (Å²) in [5, 5.41) is 7.80. The number of hydrogen-bond acceptors (Lipinski definition) is 3. The average Bonchev–Trinajstić information content (AvgIpc) is 2.64. The van der Waals surface area contributed by atoms with Crippen molar-refractivity contribution < 1.29 is 4.74 Å². The van der Waals surface area contributed by atoms with Crippen LogP contribution < -0.4 is 10.1 Å². The molecule has 2 rings (SSSR count). The Morgan fingerprint density at radius 2 is 2.15 bits per heavy atom. The van der Waals surface area contributed by atoms with Crippen LogP contribution in [0.4, 0.5) is 0 Å². The maximum Gasteiger partial charge on any atom is 0.120 e. The maximum absolute atomic E-state index is 5.68. The van der Waals surface area contributed by atoms with Crippen LogP contribution in [0.15, 0.2) is 28.7 Å². The zero-order chi connectivity index (χ0) is 14.5. The highest BCUT2D eigenvalue weighted by atomic mass is 79.9. The van der Waals surface area contributed by atoms with Crippen LogP contribution >= 0.6 is 15.9 Å². The second-order valence-electron chi connectivity index (χ2n) is 4.76. The van der Waals surface area contributed by atoms with Crippen molar-refractivity contribution in [1.29, 1.82) is 0 Å². The van der Waals surface area contributed by atoms with Crippen LogP contribution in [-0.2, 0) is 13.6 Å². The maximum atomic E-state index is 5.68. The van der Waals surface area contributed by atoms with Gasteiger partial charge in [-0.3, -0.25) is 4.68 Å². The van der Waals surface area contributed by atoms with Gasteiger partial charge in [-0.15, -0.1) is 0 Å². The number of aryl methyl sites for hydroxylation is 2. The summed E-state index contributed by atoms with van der Waals surface area (Å²) in [6.07, 6.45) is 0. The van der Waals surface area contributed by atoms with Gasteiger partial charge in [0.25, 0.3) is 0 Å². The van der Waals surface area contributed by atoms with Crippen LogP contribution in [0.3, 0.4) is 0 Å². The highest BCUT2D eigenvalue weighted by Gasteiger charge is 2.08. The van der Waals surface area contributed by atoms with Crippen LogP contribution in [-0.4, -0.2) is 22.9 Å². The summed E-state index contributed by atoms with van der Waals surface area (Å²) < 4.78 is 8.63. The van der Waals surface area contributed by atoms with E-state index in [0.717, 1.165) is 29.0 Å². The SMILES string of the molecule is Cc1nn(C)c(C)c1CNCCOc1cccc(Br)c1. The van der Waals surface area contributed by atoms with Gasteiger partial charge in [-0.1, -0.05) is 22.0 Å². The molecule has 0 aliphatic heterocycles. The van der Waals surface area contributed by atoms with Gasteiger partial charge in [-0.25, -0.2) is 0 Å². The van der Waals surface area contributed by atoms with E-state index >= 15 is 0 Å². The topological polar surface area (TPSA) is 39.1 Å². The van der Waals surface area contributed by atoms with Crippen LogP contribution in [0.1, 0.15) is 17.0 Å². The molecule has 108 valence electrons. The molecule has 0 fully saturated rings. The zero-order valence-electron chi connectivity index (χ0n) is 12.1. The molecule has 0 aliphatic carbocycles. The van der Waals surface area contributed by atoms with Crippen LogP contribution in [0.5, 0.6) is 5.75 Å². The van der Waals surface area contributed by atoms with E-state index in [1.807, 2.05) is 42.9 Å². The molecule has 0 radical (unpaired) electrons. The fourth-order valence-electron chi connectivity index (χ4n) is 2.08. The molecule has 0 aliphatic rings. The molecular formula is C15H20BrN3O. The van der Waals surface area contributed by atoms with Crippen molar-refractivity contribution in [3.8, 4) is 5.75 Å². The van der Waals surface area contributed by atoms with Crippen molar-refractivity contribution in [1.82, 2.24) is 15.1 Å². The van der Waals surface area contributed by atoms with Gasteiger partial charge in [0.2, 0.25) is 0 Å². The third-order valence-corrected chi connectivity index (χ3v) is 3.80. The van der Waals surface area contributed by atoms with Crippen LogP contribution in [0, 0.1) is 13.8 Å². The fraction of sp³-hybridized carbons (Fsp3) is 0.400. The molecule has 1 aromatic heterocycles. The summed E-state index contributed by atoms with van der Waals surface area (Å²) in [7, 11) is 1.97. The monoisotopic (exact) mass is 337 g/mol. The van der Waals surface area contributed by atoms with Gasteiger partial charge in [0.15, 0.2) is 0 Å². The quantitative estimate of drug-likeness (QED) is 0.823. The lowest BCUT2D eigenvalue weighted by Crippen LogP contribution is -2.21. The summed E-state index contributed by atoms with van der Waals surface area (Å²) in [4.78, 5) is 0. The predicted octanol–water partition coefficient (Wildman–Crippen LogP) is 2.97. The van der Waals surface area contributed by atoms with Crippen molar-refractivity contribution in [2.24, 2.45) is 7.05 Å². The van der Waals surface area contributed by atoms with Gasteiger partial charge in [-0.2, -0.15) is 5.10 Å². The molecule has 1 N–H and O–H groups in total. The molecule has 0 unspecified atom stereocenters. The zero-order valence-corrected chi connectivity index (χ0v) is 13.7. The second kappa shape index (κ2) is 6.90. The minimum absolute atomic E-state index is 0.648. The van der Waals surface area contributed by atoms with Gasteiger partial charge >= 0.3 is 0 Å². The van der Waals surface area contributed by atoms with E-state index < -0.39 is 0 Å². The Morgan fingerprint density at radius 1 is 1.35 bits per heavy atom. The molecule has 0 bridgehead atoms. The molecule has 1 aromatic carbocycles. The Kier molecular flexibility index (Phi) is 5.20. The number of halogens is 1. The average molecular weight is 338 g/mol.